The van der Waals surface area contributed by atoms with Crippen LogP contribution in [0.2, 0.25) is 5.15 Å². The predicted octanol–water partition coefficient (Wildman–Crippen LogP) is 2.57. The second kappa shape index (κ2) is 8.27. The summed E-state index contributed by atoms with van der Waals surface area (Å²) in [5, 5.41) is 4.24. The van der Waals surface area contributed by atoms with Crippen molar-refractivity contribution in [1.82, 2.24) is 24.6 Å². The molecule has 2 aromatic rings. The Kier molecular flexibility index (Phi) is 5.96. The first-order chi connectivity index (χ1) is 13.7. The second-order valence-corrected chi connectivity index (χ2v) is 6.70. The van der Waals surface area contributed by atoms with E-state index in [1.165, 1.54) is 9.58 Å². The van der Waals surface area contributed by atoms with Gasteiger partial charge in [-0.2, -0.15) is 18.3 Å². The SMILES string of the molecule is CCN(C(=O)CN1CCN(CC(F)(F)F)C1=O)c1cn(-c2cccnc2)nc1Cl. The van der Waals surface area contributed by atoms with Gasteiger partial charge in [0.2, 0.25) is 5.91 Å². The molecule has 0 atom stereocenters. The Bertz CT molecular complexity index is 889. The van der Waals surface area contributed by atoms with Crippen LogP contribution in [0.3, 0.4) is 0 Å². The normalized spacial score (nSPS) is 14.6. The maximum absolute atomic E-state index is 12.7. The molecular weight excluding hydrogens is 413 g/mol. The monoisotopic (exact) mass is 430 g/mol. The number of hydrogen-bond acceptors (Lipinski definition) is 4. The van der Waals surface area contributed by atoms with E-state index in [0.717, 1.165) is 4.90 Å². The highest BCUT2D eigenvalue weighted by Gasteiger charge is 2.39. The van der Waals surface area contributed by atoms with Crippen LogP contribution >= 0.6 is 11.6 Å². The number of aromatic nitrogens is 3. The van der Waals surface area contributed by atoms with Crippen molar-refractivity contribution in [2.24, 2.45) is 0 Å². The van der Waals surface area contributed by atoms with Crippen molar-refractivity contribution in [3.05, 3.63) is 35.9 Å². The fraction of sp³-hybridized carbons (Fsp3) is 0.412. The van der Waals surface area contributed by atoms with Crippen LogP contribution in [0.25, 0.3) is 5.69 Å². The fourth-order valence-electron chi connectivity index (χ4n) is 3.02. The Balaban J connectivity index is 1.72. The van der Waals surface area contributed by atoms with Gasteiger partial charge in [0.15, 0.2) is 5.15 Å². The number of anilines is 1. The first-order valence-corrected chi connectivity index (χ1v) is 9.14. The molecule has 2 aromatic heterocycles. The summed E-state index contributed by atoms with van der Waals surface area (Å²) in [6.45, 7) is 0.231. The summed E-state index contributed by atoms with van der Waals surface area (Å²) in [5.41, 5.74) is 0.975. The summed E-state index contributed by atoms with van der Waals surface area (Å²) in [6, 6.07) is 2.67. The molecule has 0 saturated carbocycles. The van der Waals surface area contributed by atoms with Crippen molar-refractivity contribution in [1.29, 1.82) is 0 Å². The van der Waals surface area contributed by atoms with E-state index in [1.54, 1.807) is 37.6 Å². The lowest BCUT2D eigenvalue weighted by atomic mass is 10.3. The van der Waals surface area contributed by atoms with Crippen LogP contribution in [0.15, 0.2) is 30.7 Å². The fourth-order valence-corrected chi connectivity index (χ4v) is 3.25. The minimum absolute atomic E-state index is 0.0425. The quantitative estimate of drug-likeness (QED) is 0.706. The third-order valence-electron chi connectivity index (χ3n) is 4.35. The average Bonchev–Trinajstić information content (AvgIpc) is 3.20. The number of amides is 3. The summed E-state index contributed by atoms with van der Waals surface area (Å²) >= 11 is 6.19. The number of carbonyl (C=O) groups excluding carboxylic acids is 2. The molecule has 8 nitrogen and oxygen atoms in total. The zero-order valence-corrected chi connectivity index (χ0v) is 16.2. The Morgan fingerprint density at radius 1 is 1.31 bits per heavy atom. The minimum Gasteiger partial charge on any atom is -0.314 e. The van der Waals surface area contributed by atoms with E-state index in [-0.39, 0.29) is 31.3 Å². The number of carbonyl (C=O) groups is 2. The summed E-state index contributed by atoms with van der Waals surface area (Å²) in [4.78, 5) is 32.0. The van der Waals surface area contributed by atoms with Crippen molar-refractivity contribution in [2.75, 3.05) is 37.6 Å². The average molecular weight is 431 g/mol. The number of nitrogens with zero attached hydrogens (tertiary/aromatic N) is 6. The molecule has 29 heavy (non-hydrogen) atoms. The number of likely N-dealkylation sites (N-methyl/N-ethyl adjacent to an activating group) is 1. The van der Waals surface area contributed by atoms with E-state index >= 15 is 0 Å². The van der Waals surface area contributed by atoms with Gasteiger partial charge < -0.3 is 14.7 Å². The molecule has 1 aliphatic heterocycles. The number of rotatable bonds is 6. The molecule has 0 unspecified atom stereocenters. The van der Waals surface area contributed by atoms with Crippen LogP contribution in [0.4, 0.5) is 23.7 Å². The number of halogens is 4. The Morgan fingerprint density at radius 3 is 2.66 bits per heavy atom. The zero-order valence-electron chi connectivity index (χ0n) is 15.4. The van der Waals surface area contributed by atoms with Gasteiger partial charge in [0, 0.05) is 25.8 Å². The molecule has 3 amide bonds. The second-order valence-electron chi connectivity index (χ2n) is 6.34. The highest BCUT2D eigenvalue weighted by molar-refractivity contribution is 6.32. The van der Waals surface area contributed by atoms with E-state index in [4.69, 9.17) is 11.6 Å². The van der Waals surface area contributed by atoms with Crippen molar-refractivity contribution >= 4 is 29.2 Å². The van der Waals surface area contributed by atoms with Gasteiger partial charge in [0.1, 0.15) is 18.8 Å². The van der Waals surface area contributed by atoms with E-state index < -0.39 is 24.7 Å². The van der Waals surface area contributed by atoms with Gasteiger partial charge >= 0.3 is 12.2 Å². The lowest BCUT2D eigenvalue weighted by Crippen LogP contribution is -2.43. The molecule has 1 aliphatic rings. The van der Waals surface area contributed by atoms with Crippen LogP contribution in [0.5, 0.6) is 0 Å². The first kappa shape index (κ1) is 20.9. The molecular formula is C17H18ClF3N6O2. The van der Waals surface area contributed by atoms with Gasteiger partial charge in [-0.1, -0.05) is 11.6 Å². The third-order valence-corrected chi connectivity index (χ3v) is 4.62. The lowest BCUT2D eigenvalue weighted by Gasteiger charge is -2.24. The molecule has 12 heteroatoms. The molecule has 0 radical (unpaired) electrons. The van der Waals surface area contributed by atoms with Crippen LogP contribution in [-0.2, 0) is 4.79 Å². The van der Waals surface area contributed by atoms with E-state index in [0.29, 0.717) is 16.3 Å². The minimum atomic E-state index is -4.49. The van der Waals surface area contributed by atoms with Gasteiger partial charge in [-0.15, -0.1) is 0 Å². The summed E-state index contributed by atoms with van der Waals surface area (Å²) < 4.78 is 39.1. The summed E-state index contributed by atoms with van der Waals surface area (Å²) in [6.07, 6.45) is 0.248. The smallest absolute Gasteiger partial charge is 0.314 e. The van der Waals surface area contributed by atoms with E-state index in [1.807, 2.05) is 0 Å². The van der Waals surface area contributed by atoms with Crippen molar-refractivity contribution in [3.63, 3.8) is 0 Å². The van der Waals surface area contributed by atoms with Crippen LogP contribution in [0.1, 0.15) is 6.92 Å². The molecule has 1 fully saturated rings. The topological polar surface area (TPSA) is 74.6 Å². The number of urea groups is 1. The van der Waals surface area contributed by atoms with Crippen molar-refractivity contribution in [2.45, 2.75) is 13.1 Å². The maximum Gasteiger partial charge on any atom is 0.406 e. The van der Waals surface area contributed by atoms with Gasteiger partial charge in [0.25, 0.3) is 0 Å². The van der Waals surface area contributed by atoms with E-state index in [2.05, 4.69) is 10.1 Å². The molecule has 0 N–H and O–H groups in total. The Morgan fingerprint density at radius 2 is 2.03 bits per heavy atom. The zero-order chi connectivity index (χ0) is 21.2. The van der Waals surface area contributed by atoms with Gasteiger partial charge in [-0.25, -0.2) is 9.48 Å². The summed E-state index contributed by atoms with van der Waals surface area (Å²) in [7, 11) is 0. The molecule has 3 rings (SSSR count). The molecule has 0 bridgehead atoms. The van der Waals surface area contributed by atoms with Crippen molar-refractivity contribution < 1.29 is 22.8 Å². The molecule has 156 valence electrons. The number of hydrogen-bond donors (Lipinski definition) is 0. The molecule has 0 aliphatic carbocycles. The standard InChI is InChI=1S/C17H18ClF3N6O2/c1-2-26(13-9-27(23-15(13)18)12-4-3-5-22-8-12)14(28)10-24-6-7-25(16(24)29)11-17(19,20)21/h3-5,8-9H,2,6-7,10-11H2,1H3. The highest BCUT2D eigenvalue weighted by Crippen LogP contribution is 2.26. The van der Waals surface area contributed by atoms with Crippen LogP contribution in [-0.4, -0.2) is 75.4 Å². The predicted molar refractivity (Wildman–Crippen MR) is 99.0 cm³/mol. The number of pyridine rings is 1. The highest BCUT2D eigenvalue weighted by atomic mass is 35.5. The van der Waals surface area contributed by atoms with Gasteiger partial charge in [0.05, 0.1) is 18.1 Å². The largest absolute Gasteiger partial charge is 0.406 e. The van der Waals surface area contributed by atoms with Crippen molar-refractivity contribution in [3.8, 4) is 5.69 Å². The first-order valence-electron chi connectivity index (χ1n) is 8.76. The Hall–Kier alpha value is -2.82. The molecule has 1 saturated heterocycles. The van der Waals surface area contributed by atoms with Crippen LogP contribution in [0, 0.1) is 0 Å². The lowest BCUT2D eigenvalue weighted by molar-refractivity contribution is -0.138. The van der Waals surface area contributed by atoms with Gasteiger partial charge in [-0.3, -0.25) is 9.78 Å². The van der Waals surface area contributed by atoms with E-state index in [9.17, 15) is 22.8 Å². The molecule has 0 aromatic carbocycles. The molecule has 0 spiro atoms. The number of alkyl halides is 3. The summed E-state index contributed by atoms with van der Waals surface area (Å²) in [5.74, 6) is -0.470. The molecule has 3 heterocycles. The maximum atomic E-state index is 12.7. The van der Waals surface area contributed by atoms with Gasteiger partial charge in [-0.05, 0) is 19.1 Å². The third kappa shape index (κ3) is 4.78. The Labute approximate surface area is 169 Å². The van der Waals surface area contributed by atoms with Crippen LogP contribution < -0.4 is 4.90 Å².